The lowest BCUT2D eigenvalue weighted by molar-refractivity contribution is 0.122. The van der Waals surface area contributed by atoms with E-state index in [0.29, 0.717) is 32.0 Å². The molecule has 0 aliphatic carbocycles. The number of nitrogens with one attached hydrogen (secondary N) is 3. The Hall–Kier alpha value is -3.83. The van der Waals surface area contributed by atoms with Crippen LogP contribution in [0, 0.1) is 12.7 Å². The maximum Gasteiger partial charge on any atom is 0.245 e. The van der Waals surface area contributed by atoms with Crippen molar-refractivity contribution in [2.75, 3.05) is 73.0 Å². The summed E-state index contributed by atoms with van der Waals surface area (Å²) in [5.74, 6) is -0.00664. The first-order valence-corrected chi connectivity index (χ1v) is 12.1. The highest BCUT2D eigenvalue weighted by molar-refractivity contribution is 5.78. The minimum absolute atomic E-state index is 0.215. The summed E-state index contributed by atoms with van der Waals surface area (Å²) in [6, 6.07) is 10.3. The highest BCUT2D eigenvalue weighted by atomic mass is 19.1. The zero-order chi connectivity index (χ0) is 24.7. The van der Waals surface area contributed by atoms with E-state index in [2.05, 4.69) is 66.1 Å². The number of rotatable bonds is 7. The third kappa shape index (κ3) is 6.04. The molecule has 0 bridgehead atoms. The lowest BCUT2D eigenvalue weighted by Gasteiger charge is -2.30. The van der Waals surface area contributed by atoms with E-state index in [-0.39, 0.29) is 11.8 Å². The van der Waals surface area contributed by atoms with Gasteiger partial charge >= 0.3 is 0 Å². The summed E-state index contributed by atoms with van der Waals surface area (Å²) in [4.78, 5) is 16.9. The molecule has 2 saturated heterocycles. The van der Waals surface area contributed by atoms with E-state index in [9.17, 15) is 4.39 Å². The Kier molecular flexibility index (Phi) is 7.48. The average Bonchev–Trinajstić information content (AvgIpc) is 2.91. The summed E-state index contributed by atoms with van der Waals surface area (Å²) in [5, 5.41) is 11.0. The average molecular weight is 492 g/mol. The fourth-order valence-electron chi connectivity index (χ4n) is 4.23. The monoisotopic (exact) mass is 491 g/mol. The molecule has 0 atom stereocenters. The molecule has 1 aromatic carbocycles. The molecule has 2 aliphatic rings. The number of halogens is 1. The summed E-state index contributed by atoms with van der Waals surface area (Å²) >= 11 is 0. The number of pyridine rings is 1. The van der Waals surface area contributed by atoms with Crippen molar-refractivity contribution in [3.8, 4) is 0 Å². The summed E-state index contributed by atoms with van der Waals surface area (Å²) in [7, 11) is 0. The summed E-state index contributed by atoms with van der Waals surface area (Å²) in [5.41, 5.74) is 7.75. The van der Waals surface area contributed by atoms with E-state index < -0.39 is 5.82 Å². The van der Waals surface area contributed by atoms with Crippen molar-refractivity contribution in [1.29, 1.82) is 0 Å². The standard InChI is InChI=1S/C25H30FN9O/c1-18-12-21(14-22(13-18)34-6-4-27-5-7-34)31-20-3-2-19(28-15-20)16-30-33-25-29-17-23(26)24(32-25)35-8-10-36-11-9-35/h2-3,12-17,27,31H,4-11H2,1H3,(H,29,32,33)/b30-16+. The van der Waals surface area contributed by atoms with Gasteiger partial charge in [0, 0.05) is 50.6 Å². The Balaban J connectivity index is 1.20. The Bertz CT molecular complexity index is 1190. The third-order valence-electron chi connectivity index (χ3n) is 6.02. The van der Waals surface area contributed by atoms with Crippen molar-refractivity contribution < 1.29 is 9.13 Å². The Morgan fingerprint density at radius 2 is 1.83 bits per heavy atom. The summed E-state index contributed by atoms with van der Waals surface area (Å²) < 4.78 is 19.5. The number of nitrogens with zero attached hydrogens (tertiary/aromatic N) is 6. The van der Waals surface area contributed by atoms with Gasteiger partial charge in [-0.25, -0.2) is 14.8 Å². The molecular formula is C25H30FN9O. The van der Waals surface area contributed by atoms with E-state index in [1.165, 1.54) is 11.3 Å². The second-order valence-corrected chi connectivity index (χ2v) is 8.73. The number of hydrazone groups is 1. The first-order valence-electron chi connectivity index (χ1n) is 12.1. The van der Waals surface area contributed by atoms with Crippen LogP contribution in [-0.4, -0.2) is 73.6 Å². The van der Waals surface area contributed by atoms with Gasteiger partial charge in [0.25, 0.3) is 0 Å². The molecule has 0 spiro atoms. The number of hydrogen-bond donors (Lipinski definition) is 3. The van der Waals surface area contributed by atoms with Crippen molar-refractivity contribution >= 4 is 35.0 Å². The van der Waals surface area contributed by atoms with Crippen LogP contribution in [0.25, 0.3) is 0 Å². The van der Waals surface area contributed by atoms with Crippen LogP contribution in [0.4, 0.5) is 33.2 Å². The predicted molar refractivity (Wildman–Crippen MR) is 140 cm³/mol. The summed E-state index contributed by atoms with van der Waals surface area (Å²) in [6.07, 6.45) is 4.48. The van der Waals surface area contributed by atoms with Crippen LogP contribution < -0.4 is 25.9 Å². The van der Waals surface area contributed by atoms with Crippen molar-refractivity contribution in [3.63, 3.8) is 0 Å². The molecule has 3 aromatic rings. The van der Waals surface area contributed by atoms with Crippen molar-refractivity contribution in [2.45, 2.75) is 6.92 Å². The van der Waals surface area contributed by atoms with E-state index in [1.807, 2.05) is 17.0 Å². The number of aryl methyl sites for hydroxylation is 1. The van der Waals surface area contributed by atoms with Gasteiger partial charge in [0.15, 0.2) is 11.6 Å². The van der Waals surface area contributed by atoms with Crippen LogP contribution in [-0.2, 0) is 4.74 Å². The molecule has 5 rings (SSSR count). The topological polar surface area (TPSA) is 103 Å². The Labute approximate surface area is 209 Å². The molecule has 188 valence electrons. The lowest BCUT2D eigenvalue weighted by atomic mass is 10.1. The molecule has 0 amide bonds. The molecule has 3 N–H and O–H groups in total. The van der Waals surface area contributed by atoms with Crippen molar-refractivity contribution in [3.05, 3.63) is 59.8 Å². The number of piperazine rings is 1. The predicted octanol–water partition coefficient (Wildman–Crippen LogP) is 2.75. The number of ether oxygens (including phenoxy) is 1. The van der Waals surface area contributed by atoms with Gasteiger partial charge < -0.3 is 25.2 Å². The second kappa shape index (κ2) is 11.3. The normalized spacial score (nSPS) is 16.4. The van der Waals surface area contributed by atoms with Gasteiger partial charge in [-0.3, -0.25) is 4.98 Å². The van der Waals surface area contributed by atoms with Gasteiger partial charge in [0.05, 0.1) is 43.2 Å². The van der Waals surface area contributed by atoms with Gasteiger partial charge in [0.2, 0.25) is 5.95 Å². The smallest absolute Gasteiger partial charge is 0.245 e. The zero-order valence-electron chi connectivity index (χ0n) is 20.2. The van der Waals surface area contributed by atoms with Gasteiger partial charge in [-0.15, -0.1) is 0 Å². The van der Waals surface area contributed by atoms with E-state index in [1.54, 1.807) is 12.4 Å². The highest BCUT2D eigenvalue weighted by Gasteiger charge is 2.17. The Morgan fingerprint density at radius 1 is 1.00 bits per heavy atom. The van der Waals surface area contributed by atoms with Gasteiger partial charge in [0.1, 0.15) is 0 Å². The fraction of sp³-hybridized carbons (Fsp3) is 0.360. The van der Waals surface area contributed by atoms with Gasteiger partial charge in [-0.2, -0.15) is 10.1 Å². The maximum absolute atomic E-state index is 14.2. The van der Waals surface area contributed by atoms with Crippen LogP contribution >= 0.6 is 0 Å². The number of benzene rings is 1. The number of anilines is 5. The molecule has 2 aromatic heterocycles. The van der Waals surface area contributed by atoms with E-state index in [4.69, 9.17) is 4.74 Å². The first kappa shape index (κ1) is 23.9. The largest absolute Gasteiger partial charge is 0.378 e. The second-order valence-electron chi connectivity index (χ2n) is 8.73. The number of aromatic nitrogens is 3. The van der Waals surface area contributed by atoms with Gasteiger partial charge in [-0.1, -0.05) is 0 Å². The molecular weight excluding hydrogens is 461 g/mol. The maximum atomic E-state index is 14.2. The molecule has 0 radical (unpaired) electrons. The first-order chi connectivity index (χ1) is 17.6. The highest BCUT2D eigenvalue weighted by Crippen LogP contribution is 2.25. The van der Waals surface area contributed by atoms with Crippen LogP contribution in [0.3, 0.4) is 0 Å². The summed E-state index contributed by atoms with van der Waals surface area (Å²) in [6.45, 7) is 8.37. The van der Waals surface area contributed by atoms with Crippen LogP contribution in [0.1, 0.15) is 11.3 Å². The minimum atomic E-state index is -0.468. The molecule has 10 nitrogen and oxygen atoms in total. The molecule has 2 fully saturated rings. The number of morpholine rings is 1. The molecule has 0 saturated carbocycles. The van der Waals surface area contributed by atoms with Crippen molar-refractivity contribution in [2.24, 2.45) is 5.10 Å². The van der Waals surface area contributed by atoms with Crippen LogP contribution in [0.5, 0.6) is 0 Å². The minimum Gasteiger partial charge on any atom is -0.378 e. The van der Waals surface area contributed by atoms with Crippen molar-refractivity contribution in [1.82, 2.24) is 20.3 Å². The third-order valence-corrected chi connectivity index (χ3v) is 6.02. The lowest BCUT2D eigenvalue weighted by Crippen LogP contribution is -2.43. The fourth-order valence-corrected chi connectivity index (χ4v) is 4.23. The quantitative estimate of drug-likeness (QED) is 0.340. The van der Waals surface area contributed by atoms with Gasteiger partial charge in [-0.05, 0) is 42.8 Å². The number of hydrogen-bond acceptors (Lipinski definition) is 10. The molecule has 2 aliphatic heterocycles. The molecule has 0 unspecified atom stereocenters. The zero-order valence-corrected chi connectivity index (χ0v) is 20.2. The van der Waals surface area contributed by atoms with Crippen LogP contribution in [0.15, 0.2) is 47.8 Å². The Morgan fingerprint density at radius 3 is 2.61 bits per heavy atom. The SMILES string of the molecule is Cc1cc(Nc2ccc(/C=N/Nc3ncc(F)c(N4CCOCC4)n3)nc2)cc(N2CCNCC2)c1. The van der Waals surface area contributed by atoms with E-state index >= 15 is 0 Å². The molecule has 36 heavy (non-hydrogen) atoms. The molecule has 11 heteroatoms. The van der Waals surface area contributed by atoms with Crippen LogP contribution in [0.2, 0.25) is 0 Å². The van der Waals surface area contributed by atoms with E-state index in [0.717, 1.165) is 43.8 Å². The molecule has 4 heterocycles.